The second-order valence-corrected chi connectivity index (χ2v) is 10.4. The summed E-state index contributed by atoms with van der Waals surface area (Å²) in [4.78, 5) is 0. The van der Waals surface area contributed by atoms with E-state index < -0.39 is 7.05 Å². The van der Waals surface area contributed by atoms with Crippen LogP contribution in [0.1, 0.15) is 11.4 Å². The van der Waals surface area contributed by atoms with Crippen LogP contribution in [0.4, 0.5) is 5.69 Å². The molecule has 0 fully saturated rings. The first-order valence-corrected chi connectivity index (χ1v) is 12.1. The van der Waals surface area contributed by atoms with Gasteiger partial charge in [0.25, 0.3) is 0 Å². The highest BCUT2D eigenvalue weighted by atomic mass is 31.2. The number of benzene rings is 3. The Morgan fingerprint density at radius 1 is 0.833 bits per heavy atom. The average molecular weight is 415 g/mol. The van der Waals surface area contributed by atoms with Crippen LogP contribution in [0.15, 0.2) is 89.7 Å². The topological polar surface area (TPSA) is 39.4 Å². The number of para-hydroxylation sites is 2. The van der Waals surface area contributed by atoms with Gasteiger partial charge in [0.2, 0.25) is 0 Å². The van der Waals surface area contributed by atoms with Crippen LogP contribution in [0.3, 0.4) is 0 Å². The van der Waals surface area contributed by atoms with Crippen molar-refractivity contribution in [2.45, 2.75) is 13.8 Å². The Balaban J connectivity index is 2.02. The van der Waals surface area contributed by atoms with Crippen LogP contribution < -0.4 is 15.3 Å². The molecule has 0 aliphatic carbocycles. The molecule has 1 heterocycles. The predicted octanol–water partition coefficient (Wildman–Crippen LogP) is 5.61. The van der Waals surface area contributed by atoms with E-state index in [1.165, 1.54) is 10.6 Å². The molecule has 152 valence electrons. The molecule has 4 nitrogen and oxygen atoms in total. The van der Waals surface area contributed by atoms with Gasteiger partial charge in [-0.15, -0.1) is 0 Å². The van der Waals surface area contributed by atoms with E-state index in [9.17, 15) is 0 Å². The Morgan fingerprint density at radius 3 is 2.10 bits per heavy atom. The molecule has 0 aliphatic rings. The van der Waals surface area contributed by atoms with E-state index in [1.54, 1.807) is 7.11 Å². The van der Waals surface area contributed by atoms with E-state index in [1.807, 2.05) is 53.2 Å². The van der Waals surface area contributed by atoms with E-state index in [0.29, 0.717) is 0 Å². The summed E-state index contributed by atoms with van der Waals surface area (Å²) in [5.74, 6) is 0.783. The van der Waals surface area contributed by atoms with Gasteiger partial charge in [-0.1, -0.05) is 60.7 Å². The summed E-state index contributed by atoms with van der Waals surface area (Å²) in [7, 11) is -0.458. The van der Waals surface area contributed by atoms with E-state index in [-0.39, 0.29) is 0 Å². The summed E-state index contributed by atoms with van der Waals surface area (Å²) in [6.45, 7) is 6.49. The minimum atomic E-state index is -2.15. The Hall–Kier alpha value is -3.10. The first kappa shape index (κ1) is 20.2. The molecular formula is C25H26N3OP. The summed E-state index contributed by atoms with van der Waals surface area (Å²) in [5, 5.41) is 7.34. The maximum Gasteiger partial charge on any atom is 0.144 e. The monoisotopic (exact) mass is 415 g/mol. The highest BCUT2D eigenvalue weighted by Gasteiger charge is 2.28. The summed E-state index contributed by atoms with van der Waals surface area (Å²) in [6, 6.07) is 28.8. The molecule has 1 atom stereocenters. The van der Waals surface area contributed by atoms with E-state index in [4.69, 9.17) is 14.6 Å². The molecule has 0 N–H and O–H groups in total. The third-order valence-corrected chi connectivity index (χ3v) is 8.78. The van der Waals surface area contributed by atoms with Gasteiger partial charge >= 0.3 is 0 Å². The number of aromatic nitrogens is 2. The fraction of sp³-hybridized carbons (Fsp3) is 0.160. The zero-order valence-corrected chi connectivity index (χ0v) is 18.7. The second-order valence-electron chi connectivity index (χ2n) is 7.33. The van der Waals surface area contributed by atoms with Gasteiger partial charge in [0.05, 0.1) is 24.2 Å². The molecule has 3 aromatic carbocycles. The molecular weight excluding hydrogens is 389 g/mol. The first-order chi connectivity index (χ1) is 14.5. The number of methoxy groups -OCH3 is 1. The Kier molecular flexibility index (Phi) is 5.61. The number of aryl methyl sites for hydroxylation is 1. The Labute approximate surface area is 178 Å². The van der Waals surface area contributed by atoms with Crippen molar-refractivity contribution >= 4 is 23.4 Å². The number of rotatable bonds is 5. The van der Waals surface area contributed by atoms with Crippen LogP contribution in [0.25, 0.3) is 5.69 Å². The van der Waals surface area contributed by atoms with Crippen LogP contribution in [0.2, 0.25) is 0 Å². The molecule has 5 heteroatoms. The third kappa shape index (κ3) is 3.59. The molecule has 0 radical (unpaired) electrons. The van der Waals surface area contributed by atoms with Crippen LogP contribution >= 0.6 is 7.05 Å². The van der Waals surface area contributed by atoms with Gasteiger partial charge in [-0.25, -0.2) is 4.68 Å². The number of hydrogen-bond donors (Lipinski definition) is 0. The smallest absolute Gasteiger partial charge is 0.144 e. The lowest BCUT2D eigenvalue weighted by molar-refractivity contribution is 0.416. The lowest BCUT2D eigenvalue weighted by Gasteiger charge is -2.22. The normalized spacial score (nSPS) is 12.9. The van der Waals surface area contributed by atoms with Gasteiger partial charge in [0.1, 0.15) is 11.4 Å². The molecule has 1 aromatic heterocycles. The van der Waals surface area contributed by atoms with Gasteiger partial charge in [0.15, 0.2) is 0 Å². The summed E-state index contributed by atoms with van der Waals surface area (Å²) in [5.41, 5.74) is 4.05. The van der Waals surface area contributed by atoms with Crippen LogP contribution in [0, 0.1) is 13.8 Å². The SMILES string of the molecule is COc1ccccc1N=[P@@](C)(c1ccccc1)c1c(C)nn(-c2ccccc2)c1C. The number of nitrogens with zero attached hydrogens (tertiary/aromatic N) is 3. The van der Waals surface area contributed by atoms with Crippen molar-refractivity contribution < 1.29 is 4.74 Å². The molecule has 30 heavy (non-hydrogen) atoms. The summed E-state index contributed by atoms with van der Waals surface area (Å²) >= 11 is 0. The lowest BCUT2D eigenvalue weighted by atomic mass is 10.3. The van der Waals surface area contributed by atoms with E-state index >= 15 is 0 Å². The van der Waals surface area contributed by atoms with Gasteiger partial charge in [-0.05, 0) is 50.1 Å². The van der Waals surface area contributed by atoms with Crippen LogP contribution in [0.5, 0.6) is 5.75 Å². The van der Waals surface area contributed by atoms with Crippen molar-refractivity contribution in [2.75, 3.05) is 13.8 Å². The number of ether oxygens (including phenoxy) is 1. The van der Waals surface area contributed by atoms with Gasteiger partial charge in [-0.3, -0.25) is 4.74 Å². The largest absolute Gasteiger partial charge is 0.494 e. The maximum absolute atomic E-state index is 5.60. The minimum absolute atomic E-state index is 0.783. The highest BCUT2D eigenvalue weighted by Crippen LogP contribution is 2.49. The molecule has 0 unspecified atom stereocenters. The van der Waals surface area contributed by atoms with Crippen molar-refractivity contribution in [2.24, 2.45) is 4.74 Å². The lowest BCUT2D eigenvalue weighted by Crippen LogP contribution is -2.19. The Bertz CT molecular complexity index is 1210. The second kappa shape index (κ2) is 8.33. The zero-order chi connectivity index (χ0) is 21.1. The third-order valence-electron chi connectivity index (χ3n) is 5.34. The zero-order valence-electron chi connectivity index (χ0n) is 17.8. The van der Waals surface area contributed by atoms with Crippen molar-refractivity contribution in [3.63, 3.8) is 0 Å². The van der Waals surface area contributed by atoms with E-state index in [0.717, 1.165) is 28.5 Å². The van der Waals surface area contributed by atoms with Crippen molar-refractivity contribution in [1.29, 1.82) is 0 Å². The van der Waals surface area contributed by atoms with Gasteiger partial charge in [0, 0.05) is 12.4 Å². The van der Waals surface area contributed by atoms with Gasteiger partial charge < -0.3 is 4.74 Å². The fourth-order valence-corrected chi connectivity index (χ4v) is 7.19. The maximum atomic E-state index is 5.60. The standard InChI is InChI=1S/C25H26N3OP/c1-19-25(20(2)28(26-19)21-13-7-5-8-14-21)30(4,22-15-9-6-10-16-22)27-23-17-11-12-18-24(23)29-3/h5-18H,1-4H3/t30-/m0/s1. The molecule has 0 aliphatic heterocycles. The number of hydrogen-bond acceptors (Lipinski definition) is 3. The molecule has 4 aromatic rings. The molecule has 0 amide bonds. The van der Waals surface area contributed by atoms with Crippen molar-refractivity contribution in [3.8, 4) is 11.4 Å². The quantitative estimate of drug-likeness (QED) is 0.398. The average Bonchev–Trinajstić information content (AvgIpc) is 3.09. The van der Waals surface area contributed by atoms with Gasteiger partial charge in [-0.2, -0.15) is 5.10 Å². The fourth-order valence-electron chi connectivity index (χ4n) is 3.97. The molecule has 0 spiro atoms. The van der Waals surface area contributed by atoms with Crippen LogP contribution in [-0.2, 0) is 0 Å². The van der Waals surface area contributed by atoms with Crippen molar-refractivity contribution in [3.05, 3.63) is 96.3 Å². The molecule has 0 saturated carbocycles. The molecule has 0 saturated heterocycles. The summed E-state index contributed by atoms with van der Waals surface area (Å²) < 4.78 is 13.0. The molecule has 0 bridgehead atoms. The Morgan fingerprint density at radius 2 is 1.43 bits per heavy atom. The first-order valence-electron chi connectivity index (χ1n) is 9.95. The predicted molar refractivity (Wildman–Crippen MR) is 127 cm³/mol. The van der Waals surface area contributed by atoms with Crippen LogP contribution in [-0.4, -0.2) is 23.6 Å². The van der Waals surface area contributed by atoms with E-state index in [2.05, 4.69) is 56.9 Å². The highest BCUT2D eigenvalue weighted by molar-refractivity contribution is 7.80. The molecule has 4 rings (SSSR count). The minimum Gasteiger partial charge on any atom is -0.494 e. The summed E-state index contributed by atoms with van der Waals surface area (Å²) in [6.07, 6.45) is 0. The van der Waals surface area contributed by atoms with Crippen molar-refractivity contribution in [1.82, 2.24) is 9.78 Å².